The number of aromatic nitrogens is 2. The molecule has 1 atom stereocenters. The van der Waals surface area contributed by atoms with Gasteiger partial charge in [-0.2, -0.15) is 5.10 Å². The molecule has 2 aliphatic rings. The number of nitrogens with one attached hydrogen (secondary N) is 2. The Hall–Kier alpha value is -2.21. The van der Waals surface area contributed by atoms with E-state index in [2.05, 4.69) is 20.4 Å². The minimum atomic E-state index is -0.198. The van der Waals surface area contributed by atoms with Crippen LogP contribution in [0.2, 0.25) is 0 Å². The van der Waals surface area contributed by atoms with Gasteiger partial charge in [-0.1, -0.05) is 25.0 Å². The number of halogens is 1. The Morgan fingerprint density at radius 1 is 1.19 bits per heavy atom. The molecule has 144 valence electrons. The second-order valence-corrected chi connectivity index (χ2v) is 7.86. The predicted molar refractivity (Wildman–Crippen MR) is 102 cm³/mol. The molecule has 0 radical (unpaired) electrons. The highest BCUT2D eigenvalue weighted by Gasteiger charge is 2.25. The maximum absolute atomic E-state index is 13.1. The molecule has 0 unspecified atom stereocenters. The van der Waals surface area contributed by atoms with Gasteiger partial charge in [-0.3, -0.25) is 14.8 Å². The van der Waals surface area contributed by atoms with Crippen LogP contribution in [0.25, 0.3) is 0 Å². The SMILES string of the molecule is O=C(NC1CCCC1)c1cc([C@@H]2CCCN(Cc3ccc(F)cc3)C2)[nH]n1. The van der Waals surface area contributed by atoms with Gasteiger partial charge in [-0.25, -0.2) is 4.39 Å². The summed E-state index contributed by atoms with van der Waals surface area (Å²) in [6.07, 6.45) is 6.74. The van der Waals surface area contributed by atoms with Crippen molar-refractivity contribution in [3.63, 3.8) is 0 Å². The van der Waals surface area contributed by atoms with Crippen molar-refractivity contribution >= 4 is 5.91 Å². The lowest BCUT2D eigenvalue weighted by Crippen LogP contribution is -2.34. The standard InChI is InChI=1S/C21H27FN4O/c22-17-9-7-15(8-10-17)13-26-11-3-4-16(14-26)19-12-20(25-24-19)21(27)23-18-5-1-2-6-18/h7-10,12,16,18H,1-6,11,13-14H2,(H,23,27)(H,24,25)/t16-/m1/s1. The van der Waals surface area contributed by atoms with Crippen molar-refractivity contribution in [1.82, 2.24) is 20.4 Å². The number of hydrogen-bond acceptors (Lipinski definition) is 3. The van der Waals surface area contributed by atoms with Crippen LogP contribution in [0, 0.1) is 5.82 Å². The fraction of sp³-hybridized carbons (Fsp3) is 0.524. The van der Waals surface area contributed by atoms with Crippen LogP contribution in [0.15, 0.2) is 30.3 Å². The van der Waals surface area contributed by atoms with E-state index in [-0.39, 0.29) is 11.7 Å². The molecule has 1 saturated carbocycles. The average molecular weight is 370 g/mol. The van der Waals surface area contributed by atoms with E-state index in [9.17, 15) is 9.18 Å². The summed E-state index contributed by atoms with van der Waals surface area (Å²) in [4.78, 5) is 14.8. The molecule has 2 heterocycles. The molecule has 5 nitrogen and oxygen atoms in total. The second kappa shape index (κ2) is 8.21. The molecule has 2 fully saturated rings. The summed E-state index contributed by atoms with van der Waals surface area (Å²) in [7, 11) is 0. The molecule has 1 aromatic heterocycles. The summed E-state index contributed by atoms with van der Waals surface area (Å²) in [5, 5.41) is 10.4. The normalized spacial score (nSPS) is 21.4. The van der Waals surface area contributed by atoms with E-state index in [1.807, 2.05) is 18.2 Å². The number of hydrogen-bond donors (Lipinski definition) is 2. The van der Waals surface area contributed by atoms with Gasteiger partial charge in [-0.05, 0) is 56.0 Å². The van der Waals surface area contributed by atoms with Crippen LogP contribution >= 0.6 is 0 Å². The van der Waals surface area contributed by atoms with E-state index < -0.39 is 0 Å². The van der Waals surface area contributed by atoms with Gasteiger partial charge in [0.15, 0.2) is 0 Å². The number of H-pyrrole nitrogens is 1. The Kier molecular flexibility index (Phi) is 5.53. The Labute approximate surface area is 159 Å². The van der Waals surface area contributed by atoms with Crippen molar-refractivity contribution in [3.05, 3.63) is 53.1 Å². The molecule has 0 spiro atoms. The molecule has 1 amide bonds. The molecular formula is C21H27FN4O. The number of amides is 1. The average Bonchev–Trinajstić information content (AvgIpc) is 3.36. The lowest BCUT2D eigenvalue weighted by Gasteiger charge is -2.32. The molecule has 6 heteroatoms. The maximum Gasteiger partial charge on any atom is 0.271 e. The van der Waals surface area contributed by atoms with Crippen LogP contribution in [0.5, 0.6) is 0 Å². The van der Waals surface area contributed by atoms with Gasteiger partial charge < -0.3 is 5.32 Å². The smallest absolute Gasteiger partial charge is 0.271 e. The molecule has 2 N–H and O–H groups in total. The summed E-state index contributed by atoms with van der Waals surface area (Å²) in [5.74, 6) is 0.0826. The first-order valence-electron chi connectivity index (χ1n) is 10.0. The Morgan fingerprint density at radius 2 is 1.96 bits per heavy atom. The minimum Gasteiger partial charge on any atom is -0.348 e. The predicted octanol–water partition coefficient (Wildman–Crippen LogP) is 3.60. The van der Waals surface area contributed by atoms with Crippen LogP contribution in [-0.4, -0.2) is 40.1 Å². The van der Waals surface area contributed by atoms with Crippen molar-refractivity contribution in [2.45, 2.75) is 57.0 Å². The second-order valence-electron chi connectivity index (χ2n) is 7.86. The number of aromatic amines is 1. The van der Waals surface area contributed by atoms with E-state index in [0.717, 1.165) is 56.6 Å². The number of carbonyl (C=O) groups is 1. The van der Waals surface area contributed by atoms with Crippen LogP contribution in [0.4, 0.5) is 4.39 Å². The Bertz CT molecular complexity index is 767. The summed E-state index contributed by atoms with van der Waals surface area (Å²) in [6.45, 7) is 2.78. The third kappa shape index (κ3) is 4.56. The first kappa shape index (κ1) is 18.2. The minimum absolute atomic E-state index is 0.0663. The zero-order chi connectivity index (χ0) is 18.6. The third-order valence-corrected chi connectivity index (χ3v) is 5.79. The summed E-state index contributed by atoms with van der Waals surface area (Å²) >= 11 is 0. The van der Waals surface area contributed by atoms with Crippen molar-refractivity contribution < 1.29 is 9.18 Å². The first-order chi connectivity index (χ1) is 13.2. The van der Waals surface area contributed by atoms with Crippen LogP contribution in [-0.2, 0) is 6.54 Å². The quantitative estimate of drug-likeness (QED) is 0.845. The largest absolute Gasteiger partial charge is 0.348 e. The molecular weight excluding hydrogens is 343 g/mol. The number of piperidine rings is 1. The molecule has 2 aromatic rings. The Balaban J connectivity index is 1.36. The monoisotopic (exact) mass is 370 g/mol. The topological polar surface area (TPSA) is 61.0 Å². The number of rotatable bonds is 5. The zero-order valence-electron chi connectivity index (χ0n) is 15.6. The molecule has 27 heavy (non-hydrogen) atoms. The van der Waals surface area contributed by atoms with E-state index in [0.29, 0.717) is 17.7 Å². The van der Waals surface area contributed by atoms with E-state index in [1.165, 1.54) is 25.0 Å². The van der Waals surface area contributed by atoms with E-state index in [4.69, 9.17) is 0 Å². The summed E-state index contributed by atoms with van der Waals surface area (Å²) in [6, 6.07) is 8.94. The zero-order valence-corrected chi connectivity index (χ0v) is 15.6. The lowest BCUT2D eigenvalue weighted by molar-refractivity contribution is 0.0933. The van der Waals surface area contributed by atoms with Gasteiger partial charge in [0.05, 0.1) is 0 Å². The highest BCUT2D eigenvalue weighted by molar-refractivity contribution is 5.92. The number of benzene rings is 1. The maximum atomic E-state index is 13.1. The van der Waals surface area contributed by atoms with Gasteiger partial charge in [0.2, 0.25) is 0 Å². The molecule has 1 aliphatic heterocycles. The fourth-order valence-electron chi connectivity index (χ4n) is 4.29. The first-order valence-corrected chi connectivity index (χ1v) is 10.0. The van der Waals surface area contributed by atoms with Crippen molar-refractivity contribution in [1.29, 1.82) is 0 Å². The number of carbonyl (C=O) groups excluding carboxylic acids is 1. The third-order valence-electron chi connectivity index (χ3n) is 5.79. The fourth-order valence-corrected chi connectivity index (χ4v) is 4.29. The van der Waals surface area contributed by atoms with Crippen molar-refractivity contribution in [3.8, 4) is 0 Å². The molecule has 0 bridgehead atoms. The number of nitrogens with zero attached hydrogens (tertiary/aromatic N) is 2. The number of likely N-dealkylation sites (tertiary alicyclic amines) is 1. The van der Waals surface area contributed by atoms with E-state index >= 15 is 0 Å². The van der Waals surface area contributed by atoms with E-state index in [1.54, 1.807) is 0 Å². The van der Waals surface area contributed by atoms with Gasteiger partial charge >= 0.3 is 0 Å². The molecule has 1 saturated heterocycles. The molecule has 4 rings (SSSR count). The van der Waals surface area contributed by atoms with Crippen molar-refractivity contribution in [2.24, 2.45) is 0 Å². The van der Waals surface area contributed by atoms with Crippen molar-refractivity contribution in [2.75, 3.05) is 13.1 Å². The van der Waals surface area contributed by atoms with Crippen LogP contribution in [0.3, 0.4) is 0 Å². The Morgan fingerprint density at radius 3 is 2.74 bits per heavy atom. The van der Waals surface area contributed by atoms with Gasteiger partial charge in [0.25, 0.3) is 5.91 Å². The summed E-state index contributed by atoms with van der Waals surface area (Å²) < 4.78 is 13.1. The van der Waals surface area contributed by atoms with Gasteiger partial charge in [0, 0.05) is 30.7 Å². The molecule has 1 aliphatic carbocycles. The highest BCUT2D eigenvalue weighted by Crippen LogP contribution is 2.27. The summed E-state index contributed by atoms with van der Waals surface area (Å²) in [5.41, 5.74) is 2.65. The van der Waals surface area contributed by atoms with Gasteiger partial charge in [0.1, 0.15) is 11.5 Å². The highest BCUT2D eigenvalue weighted by atomic mass is 19.1. The lowest BCUT2D eigenvalue weighted by atomic mass is 9.94. The van der Waals surface area contributed by atoms with Gasteiger partial charge in [-0.15, -0.1) is 0 Å². The van der Waals surface area contributed by atoms with Crippen LogP contribution in [0.1, 0.15) is 66.2 Å². The molecule has 1 aromatic carbocycles. The van der Waals surface area contributed by atoms with Crippen LogP contribution < -0.4 is 5.32 Å².